The fourth-order valence-electron chi connectivity index (χ4n) is 2.88. The number of halogens is 1. The van der Waals surface area contributed by atoms with Gasteiger partial charge in [0.2, 0.25) is 0 Å². The van der Waals surface area contributed by atoms with E-state index in [1.165, 1.54) is 12.0 Å². The number of benzene rings is 1. The number of methoxy groups -OCH3 is 1. The van der Waals surface area contributed by atoms with Gasteiger partial charge in [0.15, 0.2) is 5.96 Å². The molecule has 0 aromatic heterocycles. The van der Waals surface area contributed by atoms with Crippen LogP contribution in [0.25, 0.3) is 0 Å². The van der Waals surface area contributed by atoms with Crippen molar-refractivity contribution in [2.75, 3.05) is 40.4 Å². The molecule has 1 atom stereocenters. The number of likely N-dealkylation sites (tertiary alicyclic amines) is 1. The van der Waals surface area contributed by atoms with Crippen molar-refractivity contribution in [3.63, 3.8) is 0 Å². The number of phenols is 1. The van der Waals surface area contributed by atoms with Crippen LogP contribution in [0.1, 0.15) is 18.4 Å². The molecule has 1 heterocycles. The molecule has 0 amide bonds. The third-order valence-corrected chi connectivity index (χ3v) is 4.06. The first kappa shape index (κ1) is 20.0. The van der Waals surface area contributed by atoms with Gasteiger partial charge in [-0.2, -0.15) is 0 Å². The minimum absolute atomic E-state index is 0. The molecule has 0 radical (unpaired) electrons. The molecule has 1 aliphatic heterocycles. The summed E-state index contributed by atoms with van der Waals surface area (Å²) in [6, 6.07) is 7.42. The molecule has 6 heteroatoms. The van der Waals surface area contributed by atoms with Gasteiger partial charge in [-0.25, -0.2) is 0 Å². The third kappa shape index (κ3) is 6.55. The Morgan fingerprint density at radius 1 is 1.39 bits per heavy atom. The molecule has 1 fully saturated rings. The predicted molar refractivity (Wildman–Crippen MR) is 105 cm³/mol. The lowest BCUT2D eigenvalue weighted by atomic mass is 10.1. The predicted octanol–water partition coefficient (Wildman–Crippen LogP) is 2.49. The maximum absolute atomic E-state index is 9.27. The lowest BCUT2D eigenvalue weighted by molar-refractivity contribution is 0.157. The summed E-state index contributed by atoms with van der Waals surface area (Å²) >= 11 is 0. The van der Waals surface area contributed by atoms with E-state index in [0.717, 1.165) is 45.0 Å². The first-order valence-electron chi connectivity index (χ1n) is 7.95. The Morgan fingerprint density at radius 2 is 2.13 bits per heavy atom. The van der Waals surface area contributed by atoms with Gasteiger partial charge in [0.25, 0.3) is 0 Å². The molecular weight excluding hydrogens is 405 g/mol. The van der Waals surface area contributed by atoms with E-state index in [1.807, 2.05) is 19.2 Å². The normalized spacial score (nSPS) is 17.9. The number of ether oxygens (including phenoxy) is 1. The molecule has 0 bridgehead atoms. The van der Waals surface area contributed by atoms with Crippen molar-refractivity contribution in [2.24, 2.45) is 10.9 Å². The van der Waals surface area contributed by atoms with Gasteiger partial charge in [-0.3, -0.25) is 4.99 Å². The second-order valence-electron chi connectivity index (χ2n) is 5.80. The van der Waals surface area contributed by atoms with Crippen LogP contribution in [0.5, 0.6) is 5.75 Å². The Balaban J connectivity index is 0.00000264. The van der Waals surface area contributed by atoms with Crippen molar-refractivity contribution in [1.82, 2.24) is 10.2 Å². The summed E-state index contributed by atoms with van der Waals surface area (Å²) in [5.41, 5.74) is 1.25. The monoisotopic (exact) mass is 433 g/mol. The second kappa shape index (κ2) is 10.7. The zero-order valence-electron chi connectivity index (χ0n) is 14.0. The Morgan fingerprint density at radius 3 is 2.78 bits per heavy atom. The van der Waals surface area contributed by atoms with Crippen molar-refractivity contribution in [2.45, 2.75) is 19.3 Å². The Kier molecular flexibility index (Phi) is 9.31. The highest BCUT2D eigenvalue weighted by Gasteiger charge is 2.24. The number of hydrogen-bond donors (Lipinski definition) is 2. The maximum atomic E-state index is 9.27. The van der Waals surface area contributed by atoms with Crippen LogP contribution in [0.15, 0.2) is 29.3 Å². The van der Waals surface area contributed by atoms with Crippen LogP contribution in [-0.2, 0) is 11.2 Å². The van der Waals surface area contributed by atoms with E-state index in [1.54, 1.807) is 19.2 Å². The molecule has 0 saturated carbocycles. The zero-order chi connectivity index (χ0) is 15.8. The van der Waals surface area contributed by atoms with E-state index in [0.29, 0.717) is 11.7 Å². The van der Waals surface area contributed by atoms with E-state index < -0.39 is 0 Å². The Bertz CT molecular complexity index is 479. The standard InChI is InChI=1S/C17H27N3O2.HI/c1-18-17(20-11-9-15(12-20)13-22-2)19-10-3-4-14-5-7-16(21)8-6-14;/h5-8,15,21H,3-4,9-13H2,1-2H3,(H,18,19);1H. The van der Waals surface area contributed by atoms with Crippen molar-refractivity contribution < 1.29 is 9.84 Å². The molecule has 0 spiro atoms. The van der Waals surface area contributed by atoms with Gasteiger partial charge in [-0.05, 0) is 37.0 Å². The van der Waals surface area contributed by atoms with Crippen molar-refractivity contribution in [3.05, 3.63) is 29.8 Å². The van der Waals surface area contributed by atoms with E-state index in [2.05, 4.69) is 15.2 Å². The van der Waals surface area contributed by atoms with Crippen LogP contribution < -0.4 is 5.32 Å². The molecule has 2 rings (SSSR count). The van der Waals surface area contributed by atoms with Crippen molar-refractivity contribution in [1.29, 1.82) is 0 Å². The summed E-state index contributed by atoms with van der Waals surface area (Å²) in [6.07, 6.45) is 3.21. The first-order valence-corrected chi connectivity index (χ1v) is 7.95. The lowest BCUT2D eigenvalue weighted by Crippen LogP contribution is -2.40. The van der Waals surface area contributed by atoms with E-state index in [-0.39, 0.29) is 24.0 Å². The number of aliphatic imine (C=N–C) groups is 1. The molecular formula is C17H28IN3O2. The largest absolute Gasteiger partial charge is 0.508 e. The molecule has 1 unspecified atom stereocenters. The average Bonchev–Trinajstić information content (AvgIpc) is 2.98. The van der Waals surface area contributed by atoms with Crippen molar-refractivity contribution in [3.8, 4) is 5.75 Å². The highest BCUT2D eigenvalue weighted by molar-refractivity contribution is 14.0. The van der Waals surface area contributed by atoms with Gasteiger partial charge < -0.3 is 20.1 Å². The van der Waals surface area contributed by atoms with Gasteiger partial charge in [0.05, 0.1) is 6.61 Å². The highest BCUT2D eigenvalue weighted by atomic mass is 127. The molecule has 5 nitrogen and oxygen atoms in total. The van der Waals surface area contributed by atoms with Gasteiger partial charge >= 0.3 is 0 Å². The number of aromatic hydroxyl groups is 1. The van der Waals surface area contributed by atoms with Crippen LogP contribution >= 0.6 is 24.0 Å². The topological polar surface area (TPSA) is 57.1 Å². The van der Waals surface area contributed by atoms with E-state index in [4.69, 9.17) is 4.74 Å². The van der Waals surface area contributed by atoms with Gasteiger partial charge in [-0.15, -0.1) is 24.0 Å². The summed E-state index contributed by atoms with van der Waals surface area (Å²) < 4.78 is 5.24. The zero-order valence-corrected chi connectivity index (χ0v) is 16.3. The first-order chi connectivity index (χ1) is 10.7. The molecule has 1 saturated heterocycles. The molecule has 23 heavy (non-hydrogen) atoms. The molecule has 2 N–H and O–H groups in total. The summed E-state index contributed by atoms with van der Waals surface area (Å²) in [5.74, 6) is 1.92. The second-order valence-corrected chi connectivity index (χ2v) is 5.80. The Labute approximate surface area is 156 Å². The highest BCUT2D eigenvalue weighted by Crippen LogP contribution is 2.16. The van der Waals surface area contributed by atoms with Crippen molar-refractivity contribution >= 4 is 29.9 Å². The van der Waals surface area contributed by atoms with Crippen LogP contribution in [0.2, 0.25) is 0 Å². The number of nitrogens with zero attached hydrogens (tertiary/aromatic N) is 2. The summed E-state index contributed by atoms with van der Waals surface area (Å²) in [6.45, 7) is 3.80. The minimum Gasteiger partial charge on any atom is -0.508 e. The SMILES string of the molecule is CN=C(NCCCc1ccc(O)cc1)N1CCC(COC)C1.I. The van der Waals surface area contributed by atoms with E-state index in [9.17, 15) is 5.11 Å². The average molecular weight is 433 g/mol. The third-order valence-electron chi connectivity index (χ3n) is 4.06. The summed E-state index contributed by atoms with van der Waals surface area (Å²) in [4.78, 5) is 6.69. The number of aryl methyl sites for hydroxylation is 1. The van der Waals surface area contributed by atoms with Crippen LogP contribution in [-0.4, -0.2) is 56.4 Å². The number of nitrogens with one attached hydrogen (secondary N) is 1. The summed E-state index contributed by atoms with van der Waals surface area (Å²) in [7, 11) is 3.60. The van der Waals surface area contributed by atoms with E-state index >= 15 is 0 Å². The fraction of sp³-hybridized carbons (Fsp3) is 0.588. The smallest absolute Gasteiger partial charge is 0.193 e. The van der Waals surface area contributed by atoms with Crippen LogP contribution in [0, 0.1) is 5.92 Å². The number of guanidine groups is 1. The molecule has 130 valence electrons. The fourth-order valence-corrected chi connectivity index (χ4v) is 2.88. The molecule has 0 aliphatic carbocycles. The van der Waals surface area contributed by atoms with Crippen LogP contribution in [0.3, 0.4) is 0 Å². The number of phenolic OH excluding ortho intramolecular Hbond substituents is 1. The van der Waals surface area contributed by atoms with Gasteiger partial charge in [-0.1, -0.05) is 12.1 Å². The minimum atomic E-state index is 0. The van der Waals surface area contributed by atoms with Gasteiger partial charge in [0, 0.05) is 39.7 Å². The molecule has 1 aromatic rings. The Hall–Kier alpha value is -1.02. The molecule has 1 aromatic carbocycles. The van der Waals surface area contributed by atoms with Crippen LogP contribution in [0.4, 0.5) is 0 Å². The lowest BCUT2D eigenvalue weighted by Gasteiger charge is -2.21. The summed E-state index contributed by atoms with van der Waals surface area (Å²) in [5, 5.41) is 12.7. The van der Waals surface area contributed by atoms with Gasteiger partial charge in [0.1, 0.15) is 5.75 Å². The number of hydrogen-bond acceptors (Lipinski definition) is 3. The molecule has 1 aliphatic rings. The quantitative estimate of drug-likeness (QED) is 0.313. The number of rotatable bonds is 6. The maximum Gasteiger partial charge on any atom is 0.193 e.